The summed E-state index contributed by atoms with van der Waals surface area (Å²) in [6.07, 6.45) is 1.03. The van der Waals surface area contributed by atoms with Gasteiger partial charge in [-0.25, -0.2) is 0 Å². The van der Waals surface area contributed by atoms with Gasteiger partial charge in [0.1, 0.15) is 0 Å². The SMILES string of the molecule is C[C@H]1Cc2ccsc2[C@H](C)N1CCNC(=O)c1cccc([N+](=O)[O-])c1. The van der Waals surface area contributed by atoms with E-state index in [9.17, 15) is 14.9 Å². The minimum absolute atomic E-state index is 0.0730. The van der Waals surface area contributed by atoms with E-state index < -0.39 is 4.92 Å². The number of nitro benzene ring substituents is 1. The Labute approximate surface area is 150 Å². The Morgan fingerprint density at radius 1 is 1.40 bits per heavy atom. The van der Waals surface area contributed by atoms with Gasteiger partial charge in [-0.05, 0) is 43.3 Å². The first kappa shape index (κ1) is 17.6. The number of non-ortho nitro benzene ring substituents is 1. The molecule has 0 aliphatic carbocycles. The second-order valence-corrected chi connectivity index (χ2v) is 7.29. The van der Waals surface area contributed by atoms with Crippen molar-refractivity contribution >= 4 is 22.9 Å². The first-order valence-electron chi connectivity index (χ1n) is 8.32. The molecule has 0 unspecified atom stereocenters. The van der Waals surface area contributed by atoms with Gasteiger partial charge in [-0.2, -0.15) is 0 Å². The number of hydrogen-bond acceptors (Lipinski definition) is 5. The molecule has 1 aliphatic rings. The number of benzene rings is 1. The van der Waals surface area contributed by atoms with Crippen molar-refractivity contribution < 1.29 is 9.72 Å². The quantitative estimate of drug-likeness (QED) is 0.656. The summed E-state index contributed by atoms with van der Waals surface area (Å²) in [6.45, 7) is 5.67. The number of carbonyl (C=O) groups excluding carboxylic acids is 1. The monoisotopic (exact) mass is 359 g/mol. The highest BCUT2D eigenvalue weighted by atomic mass is 32.1. The van der Waals surface area contributed by atoms with Crippen LogP contribution in [0.3, 0.4) is 0 Å². The van der Waals surface area contributed by atoms with Crippen LogP contribution < -0.4 is 5.32 Å². The van der Waals surface area contributed by atoms with Crippen molar-refractivity contribution in [3.8, 4) is 0 Å². The molecule has 1 N–H and O–H groups in total. The predicted octanol–water partition coefficient (Wildman–Crippen LogP) is 3.39. The van der Waals surface area contributed by atoms with Crippen LogP contribution in [0.1, 0.15) is 40.7 Å². The van der Waals surface area contributed by atoms with Crippen LogP contribution in [0, 0.1) is 10.1 Å². The zero-order valence-electron chi connectivity index (χ0n) is 14.3. The van der Waals surface area contributed by atoms with Crippen molar-refractivity contribution in [2.75, 3.05) is 13.1 Å². The number of nitro groups is 1. The van der Waals surface area contributed by atoms with E-state index >= 15 is 0 Å². The minimum Gasteiger partial charge on any atom is -0.351 e. The van der Waals surface area contributed by atoms with Crippen LogP contribution >= 0.6 is 11.3 Å². The van der Waals surface area contributed by atoms with Crippen molar-refractivity contribution in [3.63, 3.8) is 0 Å². The van der Waals surface area contributed by atoms with E-state index in [0.717, 1.165) is 13.0 Å². The van der Waals surface area contributed by atoms with Crippen LogP contribution in [-0.4, -0.2) is 34.9 Å². The lowest BCUT2D eigenvalue weighted by Gasteiger charge is -2.38. The van der Waals surface area contributed by atoms with Gasteiger partial charge in [-0.15, -0.1) is 11.3 Å². The maximum atomic E-state index is 12.2. The highest BCUT2D eigenvalue weighted by Gasteiger charge is 2.29. The Kier molecular flexibility index (Phi) is 5.15. The van der Waals surface area contributed by atoms with Gasteiger partial charge in [0.15, 0.2) is 0 Å². The van der Waals surface area contributed by atoms with E-state index in [2.05, 4.69) is 35.5 Å². The summed E-state index contributed by atoms with van der Waals surface area (Å²) in [5.41, 5.74) is 1.67. The maximum Gasteiger partial charge on any atom is 0.270 e. The average Bonchev–Trinajstić information content (AvgIpc) is 3.06. The van der Waals surface area contributed by atoms with Crippen LogP contribution in [-0.2, 0) is 6.42 Å². The van der Waals surface area contributed by atoms with Gasteiger partial charge in [0.05, 0.1) is 4.92 Å². The molecule has 2 heterocycles. The van der Waals surface area contributed by atoms with E-state index in [1.807, 2.05) is 0 Å². The van der Waals surface area contributed by atoms with Gasteiger partial charge >= 0.3 is 0 Å². The van der Waals surface area contributed by atoms with E-state index in [-0.39, 0.29) is 11.6 Å². The molecule has 25 heavy (non-hydrogen) atoms. The summed E-state index contributed by atoms with van der Waals surface area (Å²) >= 11 is 1.79. The predicted molar refractivity (Wildman–Crippen MR) is 98.0 cm³/mol. The number of rotatable bonds is 5. The smallest absolute Gasteiger partial charge is 0.270 e. The van der Waals surface area contributed by atoms with E-state index in [1.54, 1.807) is 17.4 Å². The Bertz CT molecular complexity index is 789. The summed E-state index contributed by atoms with van der Waals surface area (Å²) in [7, 11) is 0. The first-order chi connectivity index (χ1) is 12.0. The molecule has 0 radical (unpaired) electrons. The molecule has 2 aromatic rings. The average molecular weight is 359 g/mol. The zero-order valence-corrected chi connectivity index (χ0v) is 15.1. The van der Waals surface area contributed by atoms with Crippen LogP contribution in [0.2, 0.25) is 0 Å². The number of fused-ring (bicyclic) bond motifs is 1. The highest BCUT2D eigenvalue weighted by molar-refractivity contribution is 7.10. The molecule has 132 valence electrons. The number of carbonyl (C=O) groups is 1. The van der Waals surface area contributed by atoms with Gasteiger partial charge in [0, 0.05) is 47.7 Å². The lowest BCUT2D eigenvalue weighted by molar-refractivity contribution is -0.384. The van der Waals surface area contributed by atoms with Crippen molar-refractivity contribution in [2.45, 2.75) is 32.4 Å². The third kappa shape index (κ3) is 3.72. The summed E-state index contributed by atoms with van der Waals surface area (Å²) in [6, 6.07) is 8.77. The Morgan fingerprint density at radius 3 is 2.96 bits per heavy atom. The van der Waals surface area contributed by atoms with Crippen LogP contribution in [0.25, 0.3) is 0 Å². The van der Waals surface area contributed by atoms with Gasteiger partial charge in [0.25, 0.3) is 11.6 Å². The molecule has 1 aliphatic heterocycles. The molecule has 7 heteroatoms. The second kappa shape index (κ2) is 7.33. The van der Waals surface area contributed by atoms with Gasteiger partial charge in [-0.1, -0.05) is 6.07 Å². The summed E-state index contributed by atoms with van der Waals surface area (Å²) in [4.78, 5) is 26.4. The fourth-order valence-electron chi connectivity index (χ4n) is 3.43. The van der Waals surface area contributed by atoms with Crippen LogP contribution in [0.5, 0.6) is 0 Å². The Morgan fingerprint density at radius 2 is 2.20 bits per heavy atom. The largest absolute Gasteiger partial charge is 0.351 e. The Balaban J connectivity index is 1.58. The molecule has 0 saturated carbocycles. The number of amides is 1. The summed E-state index contributed by atoms with van der Waals surface area (Å²) < 4.78 is 0. The molecule has 1 aromatic heterocycles. The molecule has 6 nitrogen and oxygen atoms in total. The molecule has 1 aromatic carbocycles. The summed E-state index contributed by atoms with van der Waals surface area (Å²) in [5.74, 6) is -0.280. The fourth-order valence-corrected chi connectivity index (χ4v) is 4.44. The maximum absolute atomic E-state index is 12.2. The third-order valence-electron chi connectivity index (χ3n) is 4.71. The number of nitrogens with zero attached hydrogens (tertiary/aromatic N) is 2. The normalized spacial score (nSPS) is 20.1. The molecule has 1 amide bonds. The van der Waals surface area contributed by atoms with Crippen molar-refractivity contribution in [3.05, 3.63) is 61.8 Å². The van der Waals surface area contributed by atoms with Crippen molar-refractivity contribution in [1.82, 2.24) is 10.2 Å². The minimum atomic E-state index is -0.494. The van der Waals surface area contributed by atoms with Crippen LogP contribution in [0.4, 0.5) is 5.69 Å². The first-order valence-corrected chi connectivity index (χ1v) is 9.20. The molecular weight excluding hydrogens is 338 g/mol. The third-order valence-corrected chi connectivity index (χ3v) is 5.84. The molecule has 0 spiro atoms. The fraction of sp³-hybridized carbons (Fsp3) is 0.389. The molecule has 0 bridgehead atoms. The van der Waals surface area contributed by atoms with Gasteiger partial charge in [-0.3, -0.25) is 19.8 Å². The topological polar surface area (TPSA) is 75.5 Å². The van der Waals surface area contributed by atoms with Gasteiger partial charge in [0.2, 0.25) is 0 Å². The molecule has 3 rings (SSSR count). The lowest BCUT2D eigenvalue weighted by atomic mass is 9.97. The number of nitrogens with one attached hydrogen (secondary N) is 1. The molecule has 0 saturated heterocycles. The zero-order chi connectivity index (χ0) is 18.0. The standard InChI is InChI=1S/C18H21N3O3S/c1-12-10-14-6-9-25-17(14)13(2)20(12)8-7-19-18(22)15-4-3-5-16(11-15)21(23)24/h3-6,9,11-13H,7-8,10H2,1-2H3,(H,19,22)/t12-,13-/m0/s1. The second-order valence-electron chi connectivity index (χ2n) is 6.34. The molecular formula is C18H21N3O3S. The van der Waals surface area contributed by atoms with E-state index in [1.165, 1.54) is 28.6 Å². The van der Waals surface area contributed by atoms with Crippen molar-refractivity contribution in [2.24, 2.45) is 0 Å². The van der Waals surface area contributed by atoms with Crippen LogP contribution in [0.15, 0.2) is 35.7 Å². The van der Waals surface area contributed by atoms with Gasteiger partial charge < -0.3 is 5.32 Å². The summed E-state index contributed by atoms with van der Waals surface area (Å²) in [5, 5.41) is 15.8. The van der Waals surface area contributed by atoms with E-state index in [0.29, 0.717) is 24.2 Å². The van der Waals surface area contributed by atoms with E-state index in [4.69, 9.17) is 0 Å². The molecule has 2 atom stereocenters. The van der Waals surface area contributed by atoms with Crippen molar-refractivity contribution in [1.29, 1.82) is 0 Å². The number of hydrogen-bond donors (Lipinski definition) is 1. The Hall–Kier alpha value is -2.25. The molecule has 0 fully saturated rings. The highest BCUT2D eigenvalue weighted by Crippen LogP contribution is 2.35. The number of thiophene rings is 1. The lowest BCUT2D eigenvalue weighted by Crippen LogP contribution is -2.44.